The number of rotatable bonds is 1. The van der Waals surface area contributed by atoms with E-state index in [4.69, 9.17) is 11.6 Å². The van der Waals surface area contributed by atoms with E-state index in [0.29, 0.717) is 5.56 Å². The van der Waals surface area contributed by atoms with Crippen LogP contribution in [0.2, 0.25) is 5.28 Å². The molecule has 11 heteroatoms. The summed E-state index contributed by atoms with van der Waals surface area (Å²) in [7, 11) is -3.59. The summed E-state index contributed by atoms with van der Waals surface area (Å²) < 4.78 is 63.7. The number of hydrogen-bond acceptors (Lipinski definition) is 5. The van der Waals surface area contributed by atoms with Gasteiger partial charge in [-0.1, -0.05) is 0 Å². The molecule has 1 N–H and O–H groups in total. The molecule has 2 aliphatic rings. The van der Waals surface area contributed by atoms with Gasteiger partial charge in [-0.15, -0.1) is 0 Å². The standard InChI is InChI=1S/C11H12ClF3N4O2S/c1-22(20,21)19-3-2-5-4-6(11(13,14)15)16-8-7(5)9(19)18-10(12)17-8/h5-6H,2-4H2,1H3,(H,16,17,18). The van der Waals surface area contributed by atoms with E-state index >= 15 is 0 Å². The molecule has 2 unspecified atom stereocenters. The minimum Gasteiger partial charge on any atom is -0.358 e. The van der Waals surface area contributed by atoms with Crippen molar-refractivity contribution in [1.29, 1.82) is 0 Å². The maximum absolute atomic E-state index is 13.0. The average Bonchev–Trinajstić information content (AvgIpc) is 2.35. The Morgan fingerprint density at radius 3 is 2.64 bits per heavy atom. The number of aromatic nitrogens is 2. The third kappa shape index (κ3) is 2.58. The first-order valence-corrected chi connectivity index (χ1v) is 8.68. The van der Waals surface area contributed by atoms with E-state index in [0.717, 1.165) is 10.6 Å². The summed E-state index contributed by atoms with van der Waals surface area (Å²) in [6, 6.07) is -1.73. The molecule has 0 aliphatic carbocycles. The number of nitrogens with zero attached hydrogens (tertiary/aromatic N) is 3. The third-order valence-corrected chi connectivity index (χ3v) is 5.18. The van der Waals surface area contributed by atoms with Gasteiger partial charge in [0.25, 0.3) is 0 Å². The first-order valence-electron chi connectivity index (χ1n) is 6.46. The van der Waals surface area contributed by atoms with Gasteiger partial charge in [0.05, 0.1) is 6.26 Å². The maximum atomic E-state index is 13.0. The number of sulfonamides is 1. The van der Waals surface area contributed by atoms with Crippen molar-refractivity contribution in [2.24, 2.45) is 0 Å². The summed E-state index contributed by atoms with van der Waals surface area (Å²) in [4.78, 5) is 7.73. The van der Waals surface area contributed by atoms with Crippen LogP contribution in [0.3, 0.4) is 0 Å². The molecule has 0 bridgehead atoms. The molecular formula is C11H12ClF3N4O2S. The first kappa shape index (κ1) is 15.6. The molecule has 0 fully saturated rings. The van der Waals surface area contributed by atoms with Crippen LogP contribution in [0.15, 0.2) is 0 Å². The summed E-state index contributed by atoms with van der Waals surface area (Å²) in [5.41, 5.74) is 0.390. The second-order valence-electron chi connectivity index (χ2n) is 5.37. The molecule has 2 atom stereocenters. The Bertz CT molecular complexity index is 725. The Hall–Kier alpha value is -1.29. The zero-order chi connectivity index (χ0) is 16.3. The minimum atomic E-state index is -4.41. The van der Waals surface area contributed by atoms with Crippen molar-refractivity contribution in [2.75, 3.05) is 22.4 Å². The highest BCUT2D eigenvalue weighted by atomic mass is 35.5. The molecule has 0 saturated heterocycles. The highest BCUT2D eigenvalue weighted by Gasteiger charge is 2.47. The van der Waals surface area contributed by atoms with Gasteiger partial charge in [-0.25, -0.2) is 13.4 Å². The Labute approximate surface area is 129 Å². The SMILES string of the molecule is CS(=O)(=O)N1CCC2CC(C(F)(F)F)Nc3nc(Cl)nc1c32. The summed E-state index contributed by atoms with van der Waals surface area (Å²) in [6.45, 7) is 0.0772. The van der Waals surface area contributed by atoms with Crippen LogP contribution in [0.25, 0.3) is 0 Å². The molecule has 2 aliphatic heterocycles. The first-order chi connectivity index (χ1) is 10.1. The summed E-state index contributed by atoms with van der Waals surface area (Å²) >= 11 is 5.74. The smallest absolute Gasteiger partial charge is 0.358 e. The number of nitrogens with one attached hydrogen (secondary N) is 1. The summed E-state index contributed by atoms with van der Waals surface area (Å²) in [6.07, 6.45) is -3.29. The van der Waals surface area contributed by atoms with Gasteiger partial charge in [-0.3, -0.25) is 4.31 Å². The predicted molar refractivity (Wildman–Crippen MR) is 74.7 cm³/mol. The lowest BCUT2D eigenvalue weighted by molar-refractivity contribution is -0.145. The zero-order valence-electron chi connectivity index (χ0n) is 11.4. The minimum absolute atomic E-state index is 0.0399. The molecule has 3 rings (SSSR count). The lowest BCUT2D eigenvalue weighted by Gasteiger charge is -2.39. The van der Waals surface area contributed by atoms with Gasteiger partial charge >= 0.3 is 6.18 Å². The van der Waals surface area contributed by atoms with E-state index in [1.165, 1.54) is 0 Å². The van der Waals surface area contributed by atoms with Crippen LogP contribution in [0.5, 0.6) is 0 Å². The Morgan fingerprint density at radius 2 is 2.05 bits per heavy atom. The fourth-order valence-corrected chi connectivity index (χ4v) is 3.97. The highest BCUT2D eigenvalue weighted by molar-refractivity contribution is 7.92. The van der Waals surface area contributed by atoms with E-state index in [1.54, 1.807) is 0 Å². The van der Waals surface area contributed by atoms with E-state index in [2.05, 4.69) is 15.3 Å². The van der Waals surface area contributed by atoms with Crippen LogP contribution in [0, 0.1) is 0 Å². The van der Waals surface area contributed by atoms with Crippen LogP contribution in [0.1, 0.15) is 24.3 Å². The van der Waals surface area contributed by atoms with Gasteiger partial charge in [0, 0.05) is 12.1 Å². The number of hydrogen-bond donors (Lipinski definition) is 1. The lowest BCUT2D eigenvalue weighted by atomic mass is 9.84. The largest absolute Gasteiger partial charge is 0.408 e. The number of alkyl halides is 3. The van der Waals surface area contributed by atoms with Crippen molar-refractivity contribution in [3.05, 3.63) is 10.8 Å². The van der Waals surface area contributed by atoms with Crippen LogP contribution >= 0.6 is 11.6 Å². The van der Waals surface area contributed by atoms with Crippen molar-refractivity contribution < 1.29 is 21.6 Å². The van der Waals surface area contributed by atoms with Gasteiger partial charge < -0.3 is 5.32 Å². The summed E-state index contributed by atoms with van der Waals surface area (Å²) in [5.74, 6) is -0.419. The van der Waals surface area contributed by atoms with Crippen LogP contribution in [0.4, 0.5) is 24.8 Å². The monoisotopic (exact) mass is 356 g/mol. The summed E-state index contributed by atoms with van der Waals surface area (Å²) in [5, 5.41) is 2.01. The molecule has 0 saturated carbocycles. The van der Waals surface area contributed by atoms with Gasteiger partial charge in [-0.2, -0.15) is 18.2 Å². The van der Waals surface area contributed by atoms with Crippen molar-refractivity contribution in [3.8, 4) is 0 Å². The van der Waals surface area contributed by atoms with Gasteiger partial charge in [0.15, 0.2) is 5.82 Å². The van der Waals surface area contributed by atoms with Crippen molar-refractivity contribution >= 4 is 33.3 Å². The van der Waals surface area contributed by atoms with Crippen molar-refractivity contribution in [3.63, 3.8) is 0 Å². The molecule has 0 amide bonds. The van der Waals surface area contributed by atoms with Gasteiger partial charge in [-0.05, 0) is 30.4 Å². The number of anilines is 2. The van der Waals surface area contributed by atoms with Gasteiger partial charge in [0.2, 0.25) is 15.3 Å². The van der Waals surface area contributed by atoms with Crippen molar-refractivity contribution in [1.82, 2.24) is 9.97 Å². The van der Waals surface area contributed by atoms with E-state index in [1.807, 2.05) is 0 Å². The fraction of sp³-hybridized carbons (Fsp3) is 0.636. The predicted octanol–water partition coefficient (Wildman–Crippen LogP) is 2.13. The molecule has 0 aromatic carbocycles. The lowest BCUT2D eigenvalue weighted by Crippen LogP contribution is -2.45. The molecule has 0 radical (unpaired) electrons. The molecular weight excluding hydrogens is 345 g/mol. The van der Waals surface area contributed by atoms with Gasteiger partial charge in [0.1, 0.15) is 11.9 Å². The molecule has 22 heavy (non-hydrogen) atoms. The second-order valence-corrected chi connectivity index (χ2v) is 7.62. The maximum Gasteiger partial charge on any atom is 0.408 e. The third-order valence-electron chi connectivity index (χ3n) is 3.85. The fourth-order valence-electron chi connectivity index (χ4n) is 2.91. The van der Waals surface area contributed by atoms with Crippen LogP contribution < -0.4 is 9.62 Å². The Kier molecular flexibility index (Phi) is 3.44. The Balaban J connectivity index is 2.13. The normalized spacial score (nSPS) is 24.7. The molecule has 0 spiro atoms. The molecule has 3 heterocycles. The topological polar surface area (TPSA) is 75.2 Å². The number of halogens is 4. The van der Waals surface area contributed by atoms with E-state index < -0.39 is 28.2 Å². The Morgan fingerprint density at radius 1 is 1.36 bits per heavy atom. The quantitative estimate of drug-likeness (QED) is 0.780. The second kappa shape index (κ2) is 4.85. The molecule has 1 aromatic rings. The van der Waals surface area contributed by atoms with E-state index in [9.17, 15) is 21.6 Å². The van der Waals surface area contributed by atoms with E-state index in [-0.39, 0.29) is 36.3 Å². The molecule has 1 aromatic heterocycles. The van der Waals surface area contributed by atoms with Crippen molar-refractivity contribution in [2.45, 2.75) is 31.0 Å². The highest BCUT2D eigenvalue weighted by Crippen LogP contribution is 2.47. The van der Waals surface area contributed by atoms with Crippen LogP contribution in [-0.4, -0.2) is 43.4 Å². The van der Waals surface area contributed by atoms with Crippen LogP contribution in [-0.2, 0) is 10.0 Å². The molecule has 122 valence electrons. The zero-order valence-corrected chi connectivity index (χ0v) is 12.9. The molecule has 6 nitrogen and oxygen atoms in total. The average molecular weight is 357 g/mol.